The number of hydrogen-bond donors (Lipinski definition) is 1. The quantitative estimate of drug-likeness (QED) is 0.836. The van der Waals surface area contributed by atoms with E-state index in [1.807, 2.05) is 48.5 Å². The summed E-state index contributed by atoms with van der Waals surface area (Å²) in [6, 6.07) is 15.8. The molecule has 0 aromatic heterocycles. The molecule has 1 aliphatic rings. The standard InChI is InChI=1S/C22H28N2O3/c1-16(2)20-6-4-5-7-21(20)27-17(3)22(25)23-18-8-10-19(11-9-18)24-12-14-26-15-13-24/h4-11,16-17H,12-15H2,1-3H3,(H,23,25)/t17-/m1/s1. The van der Waals surface area contributed by atoms with E-state index in [1.165, 1.54) is 0 Å². The Kier molecular flexibility index (Phi) is 6.35. The van der Waals surface area contributed by atoms with Crippen molar-refractivity contribution in [3.8, 4) is 5.75 Å². The molecule has 5 heteroatoms. The number of nitrogens with one attached hydrogen (secondary N) is 1. The molecule has 144 valence electrons. The second-order valence-electron chi connectivity index (χ2n) is 7.09. The van der Waals surface area contributed by atoms with Gasteiger partial charge in [-0.2, -0.15) is 0 Å². The van der Waals surface area contributed by atoms with Gasteiger partial charge in [-0.05, 0) is 48.7 Å². The number of carbonyl (C=O) groups is 1. The molecule has 1 saturated heterocycles. The number of carbonyl (C=O) groups excluding carboxylic acids is 1. The average molecular weight is 368 g/mol. The average Bonchev–Trinajstić information content (AvgIpc) is 2.69. The first-order valence-electron chi connectivity index (χ1n) is 9.54. The summed E-state index contributed by atoms with van der Waals surface area (Å²) >= 11 is 0. The Morgan fingerprint density at radius 3 is 2.37 bits per heavy atom. The number of hydrogen-bond acceptors (Lipinski definition) is 4. The molecule has 3 rings (SSSR count). The Hall–Kier alpha value is -2.53. The lowest BCUT2D eigenvalue weighted by Crippen LogP contribution is -2.36. The summed E-state index contributed by atoms with van der Waals surface area (Å²) in [5, 5.41) is 2.93. The van der Waals surface area contributed by atoms with Gasteiger partial charge in [0.05, 0.1) is 13.2 Å². The largest absolute Gasteiger partial charge is 0.481 e. The highest BCUT2D eigenvalue weighted by molar-refractivity contribution is 5.94. The Labute approximate surface area is 161 Å². The van der Waals surface area contributed by atoms with E-state index in [-0.39, 0.29) is 5.91 Å². The summed E-state index contributed by atoms with van der Waals surface area (Å²) in [6.07, 6.45) is -0.580. The van der Waals surface area contributed by atoms with Crippen molar-refractivity contribution in [1.29, 1.82) is 0 Å². The number of morpholine rings is 1. The molecule has 0 radical (unpaired) electrons. The van der Waals surface area contributed by atoms with Crippen LogP contribution < -0.4 is 15.0 Å². The number of para-hydroxylation sites is 1. The normalized spacial score (nSPS) is 15.5. The number of rotatable bonds is 6. The minimum absolute atomic E-state index is 0.160. The molecule has 2 aromatic carbocycles. The SMILES string of the molecule is CC(C)c1ccccc1O[C@H](C)C(=O)Nc1ccc(N2CCOCC2)cc1. The zero-order valence-corrected chi connectivity index (χ0v) is 16.3. The molecule has 0 spiro atoms. The van der Waals surface area contributed by atoms with Gasteiger partial charge in [-0.25, -0.2) is 0 Å². The zero-order valence-electron chi connectivity index (χ0n) is 16.3. The van der Waals surface area contributed by atoms with Crippen molar-refractivity contribution in [3.63, 3.8) is 0 Å². The number of anilines is 2. The predicted molar refractivity (Wildman–Crippen MR) is 109 cm³/mol. The van der Waals surface area contributed by atoms with Crippen LogP contribution in [-0.4, -0.2) is 38.3 Å². The van der Waals surface area contributed by atoms with Crippen LogP contribution in [0.2, 0.25) is 0 Å². The zero-order chi connectivity index (χ0) is 19.2. The van der Waals surface area contributed by atoms with Crippen molar-refractivity contribution >= 4 is 17.3 Å². The van der Waals surface area contributed by atoms with Gasteiger partial charge in [0.2, 0.25) is 0 Å². The van der Waals surface area contributed by atoms with Crippen molar-refractivity contribution in [2.75, 3.05) is 36.5 Å². The molecule has 5 nitrogen and oxygen atoms in total. The van der Waals surface area contributed by atoms with E-state index >= 15 is 0 Å². The highest BCUT2D eigenvalue weighted by Crippen LogP contribution is 2.27. The van der Waals surface area contributed by atoms with Gasteiger partial charge in [-0.3, -0.25) is 4.79 Å². The summed E-state index contributed by atoms with van der Waals surface area (Å²) < 4.78 is 11.3. The third-order valence-corrected chi connectivity index (χ3v) is 4.73. The van der Waals surface area contributed by atoms with Crippen molar-refractivity contribution < 1.29 is 14.3 Å². The van der Waals surface area contributed by atoms with E-state index in [0.717, 1.165) is 49.0 Å². The van der Waals surface area contributed by atoms with E-state index in [0.29, 0.717) is 5.92 Å². The fraction of sp³-hybridized carbons (Fsp3) is 0.409. The van der Waals surface area contributed by atoms with Gasteiger partial charge in [0.1, 0.15) is 5.75 Å². The summed E-state index contributed by atoms with van der Waals surface area (Å²) in [4.78, 5) is 14.8. The highest BCUT2D eigenvalue weighted by Gasteiger charge is 2.18. The van der Waals surface area contributed by atoms with Gasteiger partial charge in [0, 0.05) is 24.5 Å². The first kappa shape index (κ1) is 19.2. The van der Waals surface area contributed by atoms with Crippen molar-refractivity contribution in [2.24, 2.45) is 0 Å². The number of amides is 1. The van der Waals surface area contributed by atoms with Gasteiger partial charge in [-0.15, -0.1) is 0 Å². The van der Waals surface area contributed by atoms with E-state index < -0.39 is 6.10 Å². The molecule has 0 aliphatic carbocycles. The number of benzene rings is 2. The molecular formula is C22H28N2O3. The summed E-state index contributed by atoms with van der Waals surface area (Å²) in [7, 11) is 0. The Bertz CT molecular complexity index is 752. The molecule has 1 N–H and O–H groups in total. The van der Waals surface area contributed by atoms with Crippen LogP contribution in [0.1, 0.15) is 32.3 Å². The minimum Gasteiger partial charge on any atom is -0.481 e. The molecule has 1 atom stereocenters. The van der Waals surface area contributed by atoms with Gasteiger partial charge >= 0.3 is 0 Å². The Morgan fingerprint density at radius 2 is 1.70 bits per heavy atom. The molecule has 0 unspecified atom stereocenters. The fourth-order valence-corrected chi connectivity index (χ4v) is 3.13. The maximum Gasteiger partial charge on any atom is 0.265 e. The molecule has 2 aromatic rings. The third kappa shape index (κ3) is 5.01. The van der Waals surface area contributed by atoms with Crippen molar-refractivity contribution in [2.45, 2.75) is 32.8 Å². The number of ether oxygens (including phenoxy) is 2. The molecular weight excluding hydrogens is 340 g/mol. The fourth-order valence-electron chi connectivity index (χ4n) is 3.13. The third-order valence-electron chi connectivity index (χ3n) is 4.73. The van der Waals surface area contributed by atoms with Crippen LogP contribution in [0.15, 0.2) is 48.5 Å². The number of nitrogens with zero attached hydrogens (tertiary/aromatic N) is 1. The topological polar surface area (TPSA) is 50.8 Å². The maximum atomic E-state index is 12.5. The van der Waals surface area contributed by atoms with E-state index in [1.54, 1.807) is 6.92 Å². The van der Waals surface area contributed by atoms with Crippen LogP contribution in [0.4, 0.5) is 11.4 Å². The first-order valence-corrected chi connectivity index (χ1v) is 9.54. The van der Waals surface area contributed by atoms with Crippen molar-refractivity contribution in [1.82, 2.24) is 0 Å². The van der Waals surface area contributed by atoms with Gasteiger partial charge < -0.3 is 19.7 Å². The lowest BCUT2D eigenvalue weighted by molar-refractivity contribution is -0.122. The summed E-state index contributed by atoms with van der Waals surface area (Å²) in [5.41, 5.74) is 3.02. The second kappa shape index (κ2) is 8.91. The summed E-state index contributed by atoms with van der Waals surface area (Å²) in [6.45, 7) is 9.30. The Morgan fingerprint density at radius 1 is 1.04 bits per heavy atom. The molecule has 1 amide bonds. The van der Waals surface area contributed by atoms with E-state index in [9.17, 15) is 4.79 Å². The van der Waals surface area contributed by atoms with Crippen LogP contribution in [0.25, 0.3) is 0 Å². The minimum atomic E-state index is -0.580. The monoisotopic (exact) mass is 368 g/mol. The van der Waals surface area contributed by atoms with E-state index in [4.69, 9.17) is 9.47 Å². The second-order valence-corrected chi connectivity index (χ2v) is 7.09. The van der Waals surface area contributed by atoms with Crippen LogP contribution in [0.5, 0.6) is 5.75 Å². The van der Waals surface area contributed by atoms with Gasteiger partial charge in [0.15, 0.2) is 6.10 Å². The molecule has 1 aliphatic heterocycles. The van der Waals surface area contributed by atoms with E-state index in [2.05, 4.69) is 24.1 Å². The predicted octanol–water partition coefficient (Wildman–Crippen LogP) is 4.05. The highest BCUT2D eigenvalue weighted by atomic mass is 16.5. The summed E-state index contributed by atoms with van der Waals surface area (Å²) in [5.74, 6) is 0.940. The first-order chi connectivity index (χ1) is 13.0. The molecule has 1 heterocycles. The molecule has 0 bridgehead atoms. The Balaban J connectivity index is 1.59. The van der Waals surface area contributed by atoms with Crippen LogP contribution >= 0.6 is 0 Å². The maximum absolute atomic E-state index is 12.5. The van der Waals surface area contributed by atoms with Gasteiger partial charge in [0.25, 0.3) is 5.91 Å². The van der Waals surface area contributed by atoms with Crippen LogP contribution in [0.3, 0.4) is 0 Å². The molecule has 0 saturated carbocycles. The molecule has 1 fully saturated rings. The lowest BCUT2D eigenvalue weighted by Gasteiger charge is -2.29. The lowest BCUT2D eigenvalue weighted by atomic mass is 10.0. The van der Waals surface area contributed by atoms with Crippen molar-refractivity contribution in [3.05, 3.63) is 54.1 Å². The van der Waals surface area contributed by atoms with Crippen LogP contribution in [-0.2, 0) is 9.53 Å². The smallest absolute Gasteiger partial charge is 0.265 e. The van der Waals surface area contributed by atoms with Crippen LogP contribution in [0, 0.1) is 0 Å². The molecule has 27 heavy (non-hydrogen) atoms. The van der Waals surface area contributed by atoms with Gasteiger partial charge in [-0.1, -0.05) is 32.0 Å².